The highest BCUT2D eigenvalue weighted by atomic mass is 79.9. The quantitative estimate of drug-likeness (QED) is 0.184. The minimum Gasteiger partial charge on any atom is -0.387 e. The second-order valence-corrected chi connectivity index (χ2v) is 10.4. The molecule has 2 aliphatic rings. The highest BCUT2D eigenvalue weighted by molar-refractivity contribution is 9.12. The minimum absolute atomic E-state index is 0.0265. The zero-order chi connectivity index (χ0) is 25.1. The maximum atomic E-state index is 13.4. The van der Waals surface area contributed by atoms with Crippen LogP contribution in [0.1, 0.15) is 56.9 Å². The Morgan fingerprint density at radius 2 is 2.03 bits per heavy atom. The molecular formula is C27H36BrF3N4. The number of hydrogen-bond acceptors (Lipinski definition) is 4. The molecule has 0 radical (unpaired) electrons. The van der Waals surface area contributed by atoms with Crippen LogP contribution in [0.25, 0.3) is 0 Å². The highest BCUT2D eigenvalue weighted by Crippen LogP contribution is 2.40. The van der Waals surface area contributed by atoms with Crippen LogP contribution in [0.3, 0.4) is 0 Å². The summed E-state index contributed by atoms with van der Waals surface area (Å²) in [5.41, 5.74) is 2.33. The molecule has 0 bridgehead atoms. The van der Waals surface area contributed by atoms with Crippen molar-refractivity contribution in [2.45, 2.75) is 70.1 Å². The summed E-state index contributed by atoms with van der Waals surface area (Å²) in [5, 5.41) is 10.6. The number of unbranched alkanes of at least 4 members (excludes halogenated alkanes) is 1. The second-order valence-electron chi connectivity index (χ2n) is 9.48. The fourth-order valence-electron chi connectivity index (χ4n) is 5.14. The SMILES string of the molecule is N=CC(Br)=CCC/C=C(/C=CNCc1cccnc1)C1CCCN(C2CCCC(C(F)(F)F)C2)C1. The van der Waals surface area contributed by atoms with Gasteiger partial charge in [-0.2, -0.15) is 13.2 Å². The normalized spacial score (nSPS) is 25.1. The zero-order valence-electron chi connectivity index (χ0n) is 20.1. The van der Waals surface area contributed by atoms with Gasteiger partial charge in [0.2, 0.25) is 0 Å². The van der Waals surface area contributed by atoms with Gasteiger partial charge in [-0.15, -0.1) is 0 Å². The Morgan fingerprint density at radius 1 is 1.20 bits per heavy atom. The summed E-state index contributed by atoms with van der Waals surface area (Å²) in [7, 11) is 0. The van der Waals surface area contributed by atoms with Gasteiger partial charge in [0.15, 0.2) is 0 Å². The van der Waals surface area contributed by atoms with E-state index < -0.39 is 12.1 Å². The van der Waals surface area contributed by atoms with Gasteiger partial charge < -0.3 is 10.7 Å². The van der Waals surface area contributed by atoms with Crippen LogP contribution in [0.5, 0.6) is 0 Å². The summed E-state index contributed by atoms with van der Waals surface area (Å²) < 4.78 is 40.9. The summed E-state index contributed by atoms with van der Waals surface area (Å²) in [5.74, 6) is -0.853. The van der Waals surface area contributed by atoms with Gasteiger partial charge in [0, 0.05) is 42.2 Å². The fourth-order valence-corrected chi connectivity index (χ4v) is 5.37. The predicted molar refractivity (Wildman–Crippen MR) is 139 cm³/mol. The lowest BCUT2D eigenvalue weighted by atomic mass is 9.82. The number of hydrogen-bond donors (Lipinski definition) is 2. The maximum Gasteiger partial charge on any atom is 0.391 e. The van der Waals surface area contributed by atoms with Crippen LogP contribution < -0.4 is 5.32 Å². The van der Waals surface area contributed by atoms with Gasteiger partial charge in [-0.05, 0) is 103 Å². The van der Waals surface area contributed by atoms with Crippen molar-refractivity contribution in [1.82, 2.24) is 15.2 Å². The lowest BCUT2D eigenvalue weighted by Crippen LogP contribution is -2.46. The van der Waals surface area contributed by atoms with Gasteiger partial charge in [0.25, 0.3) is 0 Å². The number of nitrogens with zero attached hydrogens (tertiary/aromatic N) is 2. The Hall–Kier alpha value is -1.93. The molecule has 3 atom stereocenters. The van der Waals surface area contributed by atoms with Gasteiger partial charge in [-0.25, -0.2) is 0 Å². The number of likely N-dealkylation sites (tertiary alicyclic amines) is 1. The number of nitrogens with one attached hydrogen (secondary N) is 2. The van der Waals surface area contributed by atoms with Crippen molar-refractivity contribution in [3.05, 3.63) is 64.6 Å². The Morgan fingerprint density at radius 3 is 2.77 bits per heavy atom. The maximum absolute atomic E-state index is 13.4. The number of allylic oxidation sites excluding steroid dienone is 4. The molecule has 1 aromatic heterocycles. The number of alkyl halides is 3. The third-order valence-electron chi connectivity index (χ3n) is 7.00. The lowest BCUT2D eigenvalue weighted by molar-refractivity contribution is -0.187. The Kier molecular flexibility index (Phi) is 11.0. The van der Waals surface area contributed by atoms with Gasteiger partial charge >= 0.3 is 6.18 Å². The molecule has 8 heteroatoms. The summed E-state index contributed by atoms with van der Waals surface area (Å²) in [4.78, 5) is 6.46. The van der Waals surface area contributed by atoms with Crippen LogP contribution in [-0.2, 0) is 6.54 Å². The molecule has 192 valence electrons. The number of aromatic nitrogens is 1. The molecule has 35 heavy (non-hydrogen) atoms. The van der Waals surface area contributed by atoms with Crippen molar-refractivity contribution in [2.24, 2.45) is 11.8 Å². The molecule has 1 saturated heterocycles. The lowest BCUT2D eigenvalue weighted by Gasteiger charge is -2.42. The molecule has 1 aliphatic carbocycles. The first-order valence-electron chi connectivity index (χ1n) is 12.5. The van der Waals surface area contributed by atoms with Crippen molar-refractivity contribution in [2.75, 3.05) is 13.1 Å². The van der Waals surface area contributed by atoms with Gasteiger partial charge in [0.1, 0.15) is 0 Å². The van der Waals surface area contributed by atoms with Gasteiger partial charge in [-0.1, -0.05) is 24.6 Å². The van der Waals surface area contributed by atoms with Crippen LogP contribution in [0.15, 0.2) is 59.0 Å². The van der Waals surface area contributed by atoms with Crippen molar-refractivity contribution in [3.63, 3.8) is 0 Å². The first kappa shape index (κ1) is 27.7. The summed E-state index contributed by atoms with van der Waals surface area (Å²) >= 11 is 3.35. The van der Waals surface area contributed by atoms with E-state index in [0.717, 1.165) is 55.2 Å². The number of pyridine rings is 1. The topological polar surface area (TPSA) is 52.0 Å². The third-order valence-corrected chi connectivity index (χ3v) is 7.55. The largest absolute Gasteiger partial charge is 0.391 e. The van der Waals surface area contributed by atoms with E-state index in [1.165, 1.54) is 11.8 Å². The standard InChI is InChI=1S/C27H36BrF3N4/c28-25(17-32)10-2-1-7-22(12-14-34-19-21-6-4-13-33-18-21)23-8-5-15-35(20-23)26-11-3-9-24(16-26)27(29,30)31/h4,6-7,10,12-14,17-18,23-24,26,32,34H,1-3,5,8-9,11,15-16,19-20H2/b14-12?,22-7-,25-10?,32-17?. The molecule has 1 aromatic rings. The van der Waals surface area contributed by atoms with Gasteiger partial charge in [0.05, 0.1) is 5.92 Å². The highest BCUT2D eigenvalue weighted by Gasteiger charge is 2.43. The minimum atomic E-state index is -4.08. The molecular weight excluding hydrogens is 517 g/mol. The third kappa shape index (κ3) is 9.22. The second kappa shape index (κ2) is 14.0. The van der Waals surface area contributed by atoms with Crippen LogP contribution >= 0.6 is 15.9 Å². The first-order valence-corrected chi connectivity index (χ1v) is 13.3. The van der Waals surface area contributed by atoms with E-state index in [1.807, 2.05) is 30.6 Å². The fraction of sp³-hybridized carbons (Fsp3) is 0.556. The van der Waals surface area contributed by atoms with E-state index in [0.29, 0.717) is 18.9 Å². The summed E-state index contributed by atoms with van der Waals surface area (Å²) in [6, 6.07) is 3.96. The van der Waals surface area contributed by atoms with E-state index in [9.17, 15) is 13.2 Å². The smallest absolute Gasteiger partial charge is 0.387 e. The molecule has 2 N–H and O–H groups in total. The van der Waals surface area contributed by atoms with E-state index in [1.54, 1.807) is 6.20 Å². The first-order chi connectivity index (χ1) is 16.9. The molecule has 1 saturated carbocycles. The zero-order valence-corrected chi connectivity index (χ0v) is 21.7. The van der Waals surface area contributed by atoms with Crippen LogP contribution in [0.2, 0.25) is 0 Å². The Labute approximate surface area is 215 Å². The monoisotopic (exact) mass is 552 g/mol. The van der Waals surface area contributed by atoms with Crippen molar-refractivity contribution < 1.29 is 13.2 Å². The molecule has 2 heterocycles. The van der Waals surface area contributed by atoms with Crippen molar-refractivity contribution in [3.8, 4) is 0 Å². The van der Waals surface area contributed by atoms with Crippen LogP contribution in [0, 0.1) is 17.2 Å². The number of halogens is 4. The molecule has 0 spiro atoms. The molecule has 0 amide bonds. The van der Waals surface area contributed by atoms with Crippen LogP contribution in [0.4, 0.5) is 13.2 Å². The molecule has 4 nitrogen and oxygen atoms in total. The number of rotatable bonds is 10. The summed E-state index contributed by atoms with van der Waals surface area (Å²) in [6.45, 7) is 2.38. The van der Waals surface area contributed by atoms with E-state index in [2.05, 4.69) is 43.3 Å². The Balaban J connectivity index is 1.65. The average Bonchev–Trinajstić information content (AvgIpc) is 2.87. The molecule has 1 aliphatic heterocycles. The average molecular weight is 554 g/mol. The van der Waals surface area contributed by atoms with E-state index in [4.69, 9.17) is 5.41 Å². The summed E-state index contributed by atoms with van der Waals surface area (Å²) in [6.07, 6.45) is 14.9. The predicted octanol–water partition coefficient (Wildman–Crippen LogP) is 7.15. The number of piperidine rings is 1. The molecule has 0 aromatic carbocycles. The van der Waals surface area contributed by atoms with Crippen molar-refractivity contribution >= 4 is 22.1 Å². The van der Waals surface area contributed by atoms with Crippen molar-refractivity contribution in [1.29, 1.82) is 5.41 Å². The van der Waals surface area contributed by atoms with E-state index in [-0.39, 0.29) is 18.9 Å². The molecule has 3 unspecified atom stereocenters. The van der Waals surface area contributed by atoms with Crippen LogP contribution in [-0.4, -0.2) is 41.4 Å². The molecule has 2 fully saturated rings. The Bertz CT molecular complexity index is 882. The van der Waals surface area contributed by atoms with Gasteiger partial charge in [-0.3, -0.25) is 9.88 Å². The molecule has 3 rings (SSSR count). The van der Waals surface area contributed by atoms with E-state index >= 15 is 0 Å².